The molecule has 2 aromatic rings. The Morgan fingerprint density at radius 2 is 1.91 bits per heavy atom. The van der Waals surface area contributed by atoms with E-state index in [1.165, 1.54) is 29.0 Å². The van der Waals surface area contributed by atoms with E-state index in [9.17, 15) is 4.79 Å². The van der Waals surface area contributed by atoms with Crippen LogP contribution >= 0.6 is 11.3 Å². The Hall–Kier alpha value is -1.81. The normalized spacial score (nSPS) is 13.5. The van der Waals surface area contributed by atoms with Crippen LogP contribution in [0.3, 0.4) is 0 Å². The standard InChI is InChI=1S/C18H22N2OS/c1-20(2)15-9-7-13(8-10-15)12-19-18(21)17-11-14-5-3-4-6-16(14)22-17/h7-11H,3-6,12H2,1-2H3,(H,19,21). The van der Waals surface area contributed by atoms with Gasteiger partial charge in [-0.3, -0.25) is 4.79 Å². The zero-order valence-corrected chi connectivity index (χ0v) is 14.0. The first-order valence-corrected chi connectivity index (χ1v) is 8.61. The van der Waals surface area contributed by atoms with Crippen LogP contribution in [0.15, 0.2) is 30.3 Å². The molecular formula is C18H22N2OS. The average Bonchev–Trinajstić information content (AvgIpc) is 2.97. The first-order valence-electron chi connectivity index (χ1n) is 7.79. The van der Waals surface area contributed by atoms with Crippen LogP contribution in [-0.2, 0) is 19.4 Å². The number of carbonyl (C=O) groups excluding carboxylic acids is 1. The van der Waals surface area contributed by atoms with E-state index in [0.29, 0.717) is 6.54 Å². The van der Waals surface area contributed by atoms with Crippen LogP contribution in [0.25, 0.3) is 0 Å². The zero-order valence-electron chi connectivity index (χ0n) is 13.2. The number of fused-ring (bicyclic) bond motifs is 1. The minimum Gasteiger partial charge on any atom is -0.378 e. The Labute approximate surface area is 136 Å². The number of nitrogens with one attached hydrogen (secondary N) is 1. The first kappa shape index (κ1) is 15.1. The monoisotopic (exact) mass is 314 g/mol. The molecule has 1 aromatic carbocycles. The van der Waals surface area contributed by atoms with Crippen LogP contribution in [0.2, 0.25) is 0 Å². The Balaban J connectivity index is 1.61. The molecule has 0 radical (unpaired) electrons. The van der Waals surface area contributed by atoms with Crippen molar-refractivity contribution in [1.29, 1.82) is 0 Å². The lowest BCUT2D eigenvalue weighted by Gasteiger charge is -2.12. The van der Waals surface area contributed by atoms with Gasteiger partial charge in [0.2, 0.25) is 0 Å². The third-order valence-electron chi connectivity index (χ3n) is 4.13. The third-order valence-corrected chi connectivity index (χ3v) is 5.36. The summed E-state index contributed by atoms with van der Waals surface area (Å²) >= 11 is 1.67. The fourth-order valence-electron chi connectivity index (χ4n) is 2.78. The number of aryl methyl sites for hydroxylation is 2. The molecule has 0 spiro atoms. The van der Waals surface area contributed by atoms with Crippen LogP contribution in [0, 0.1) is 0 Å². The van der Waals surface area contributed by atoms with Crippen LogP contribution in [0.4, 0.5) is 5.69 Å². The van der Waals surface area contributed by atoms with E-state index in [2.05, 4.69) is 40.5 Å². The van der Waals surface area contributed by atoms with E-state index < -0.39 is 0 Å². The van der Waals surface area contributed by atoms with Crippen molar-refractivity contribution >= 4 is 22.9 Å². The predicted octanol–water partition coefficient (Wildman–Crippen LogP) is 3.62. The molecule has 0 aliphatic heterocycles. The second-order valence-corrected chi connectivity index (χ2v) is 7.15. The van der Waals surface area contributed by atoms with Crippen LogP contribution in [-0.4, -0.2) is 20.0 Å². The smallest absolute Gasteiger partial charge is 0.261 e. The molecule has 1 aromatic heterocycles. The van der Waals surface area contributed by atoms with Crippen molar-refractivity contribution in [3.63, 3.8) is 0 Å². The van der Waals surface area contributed by atoms with Gasteiger partial charge >= 0.3 is 0 Å². The van der Waals surface area contributed by atoms with Gasteiger partial charge in [-0.05, 0) is 55.0 Å². The SMILES string of the molecule is CN(C)c1ccc(CNC(=O)c2cc3c(s2)CCCC3)cc1. The summed E-state index contributed by atoms with van der Waals surface area (Å²) in [5.74, 6) is 0.0519. The van der Waals surface area contributed by atoms with Gasteiger partial charge in [-0.2, -0.15) is 0 Å². The molecule has 116 valence electrons. The summed E-state index contributed by atoms with van der Waals surface area (Å²) in [6.45, 7) is 0.578. The number of carbonyl (C=O) groups is 1. The molecule has 0 fully saturated rings. The van der Waals surface area contributed by atoms with Gasteiger partial charge in [0.15, 0.2) is 0 Å². The molecule has 1 amide bonds. The molecule has 0 unspecified atom stereocenters. The topological polar surface area (TPSA) is 32.3 Å². The number of amides is 1. The van der Waals surface area contributed by atoms with Crippen molar-refractivity contribution in [2.24, 2.45) is 0 Å². The van der Waals surface area contributed by atoms with Gasteiger partial charge in [0.25, 0.3) is 5.91 Å². The van der Waals surface area contributed by atoms with E-state index in [0.717, 1.165) is 23.3 Å². The number of anilines is 1. The predicted molar refractivity (Wildman–Crippen MR) is 92.9 cm³/mol. The molecule has 4 heteroatoms. The van der Waals surface area contributed by atoms with Crippen molar-refractivity contribution < 1.29 is 4.79 Å². The van der Waals surface area contributed by atoms with Crippen LogP contribution < -0.4 is 10.2 Å². The number of thiophene rings is 1. The molecule has 3 rings (SSSR count). The van der Waals surface area contributed by atoms with E-state index >= 15 is 0 Å². The van der Waals surface area contributed by atoms with Crippen LogP contribution in [0.1, 0.15) is 38.5 Å². The van der Waals surface area contributed by atoms with Crippen molar-refractivity contribution in [2.45, 2.75) is 32.2 Å². The van der Waals surface area contributed by atoms with Gasteiger partial charge in [0.1, 0.15) is 0 Å². The first-order chi connectivity index (χ1) is 10.6. The maximum atomic E-state index is 12.3. The molecule has 0 saturated carbocycles. The summed E-state index contributed by atoms with van der Waals surface area (Å²) in [6, 6.07) is 10.4. The molecule has 0 atom stereocenters. The Bertz CT molecular complexity index is 635. The molecule has 0 saturated heterocycles. The van der Waals surface area contributed by atoms with Gasteiger partial charge in [0, 0.05) is 31.2 Å². The molecule has 1 heterocycles. The lowest BCUT2D eigenvalue weighted by Crippen LogP contribution is -2.21. The molecule has 1 aliphatic rings. The molecule has 0 bridgehead atoms. The second kappa shape index (κ2) is 6.53. The van der Waals surface area contributed by atoms with Crippen molar-refractivity contribution in [3.8, 4) is 0 Å². The molecule has 1 aliphatic carbocycles. The minimum atomic E-state index is 0.0519. The number of hydrogen-bond acceptors (Lipinski definition) is 3. The Morgan fingerprint density at radius 1 is 1.18 bits per heavy atom. The highest BCUT2D eigenvalue weighted by molar-refractivity contribution is 7.14. The quantitative estimate of drug-likeness (QED) is 0.935. The molecule has 3 nitrogen and oxygen atoms in total. The van der Waals surface area contributed by atoms with Gasteiger partial charge in [-0.15, -0.1) is 11.3 Å². The third kappa shape index (κ3) is 3.33. The summed E-state index contributed by atoms with van der Waals surface area (Å²) in [7, 11) is 4.05. The number of nitrogens with zero attached hydrogens (tertiary/aromatic N) is 1. The van der Waals surface area contributed by atoms with E-state index in [1.54, 1.807) is 11.3 Å². The fraction of sp³-hybridized carbons (Fsp3) is 0.389. The van der Waals surface area contributed by atoms with E-state index in [-0.39, 0.29) is 5.91 Å². The maximum absolute atomic E-state index is 12.3. The summed E-state index contributed by atoms with van der Waals surface area (Å²) < 4.78 is 0. The summed E-state index contributed by atoms with van der Waals surface area (Å²) in [4.78, 5) is 16.6. The summed E-state index contributed by atoms with van der Waals surface area (Å²) in [6.07, 6.45) is 4.78. The van der Waals surface area contributed by atoms with E-state index in [4.69, 9.17) is 0 Å². The van der Waals surface area contributed by atoms with Gasteiger partial charge in [0.05, 0.1) is 4.88 Å². The highest BCUT2D eigenvalue weighted by atomic mass is 32.1. The van der Waals surface area contributed by atoms with E-state index in [1.807, 2.05) is 14.1 Å². The lowest BCUT2D eigenvalue weighted by molar-refractivity contribution is 0.0955. The summed E-state index contributed by atoms with van der Waals surface area (Å²) in [5, 5.41) is 3.03. The van der Waals surface area contributed by atoms with Gasteiger partial charge in [-0.25, -0.2) is 0 Å². The highest BCUT2D eigenvalue weighted by Gasteiger charge is 2.16. The zero-order chi connectivity index (χ0) is 15.5. The largest absolute Gasteiger partial charge is 0.378 e. The Morgan fingerprint density at radius 3 is 2.59 bits per heavy atom. The van der Waals surface area contributed by atoms with Crippen LogP contribution in [0.5, 0.6) is 0 Å². The molecular weight excluding hydrogens is 292 g/mol. The van der Waals surface area contributed by atoms with Gasteiger partial charge in [-0.1, -0.05) is 12.1 Å². The second-order valence-electron chi connectivity index (χ2n) is 6.01. The number of benzene rings is 1. The number of rotatable bonds is 4. The van der Waals surface area contributed by atoms with Gasteiger partial charge < -0.3 is 10.2 Å². The highest BCUT2D eigenvalue weighted by Crippen LogP contribution is 2.29. The van der Waals surface area contributed by atoms with Crippen molar-refractivity contribution in [2.75, 3.05) is 19.0 Å². The molecule has 22 heavy (non-hydrogen) atoms. The Kier molecular flexibility index (Phi) is 4.48. The summed E-state index contributed by atoms with van der Waals surface area (Å²) in [5.41, 5.74) is 3.68. The molecule has 1 N–H and O–H groups in total. The number of hydrogen-bond donors (Lipinski definition) is 1. The fourth-order valence-corrected chi connectivity index (χ4v) is 3.95. The van der Waals surface area contributed by atoms with Crippen molar-refractivity contribution in [1.82, 2.24) is 5.32 Å². The average molecular weight is 314 g/mol. The van der Waals surface area contributed by atoms with Crippen molar-refractivity contribution in [3.05, 3.63) is 51.2 Å². The minimum absolute atomic E-state index is 0.0519. The maximum Gasteiger partial charge on any atom is 0.261 e. The lowest BCUT2D eigenvalue weighted by atomic mass is 9.99.